The molecular weight excluding hydrogens is 376 g/mol. The van der Waals surface area contributed by atoms with Gasteiger partial charge in [0.25, 0.3) is 11.6 Å². The lowest BCUT2D eigenvalue weighted by Gasteiger charge is -2.07. The Labute approximate surface area is 173 Å². The summed E-state index contributed by atoms with van der Waals surface area (Å²) in [6.45, 7) is 0.224. The van der Waals surface area contributed by atoms with Crippen molar-refractivity contribution in [1.82, 2.24) is 20.4 Å². The van der Waals surface area contributed by atoms with Crippen LogP contribution in [0.2, 0.25) is 0 Å². The Morgan fingerprint density at radius 3 is 2.80 bits per heavy atom. The first-order valence-electron chi connectivity index (χ1n) is 9.82. The molecule has 0 atom stereocenters. The van der Waals surface area contributed by atoms with Crippen LogP contribution >= 0.6 is 0 Å². The standard InChI is InChI=1S/C24H18N4O2/c29-23(26-13-5-7-16-6-4-12-25-15-16)19-14-20(17-10-11-17)27-24-21(19)22(28-30-24)18-8-2-1-3-9-18/h1-4,6,8-9,12,14-15,17H,10-11,13H2,(H,26,29). The largest absolute Gasteiger partial charge is 0.341 e. The van der Waals surface area contributed by atoms with Crippen LogP contribution in [0.4, 0.5) is 0 Å². The molecule has 1 N–H and O–H groups in total. The van der Waals surface area contributed by atoms with E-state index in [9.17, 15) is 4.79 Å². The van der Waals surface area contributed by atoms with E-state index in [-0.39, 0.29) is 12.5 Å². The van der Waals surface area contributed by atoms with E-state index in [1.54, 1.807) is 12.4 Å². The van der Waals surface area contributed by atoms with Crippen LogP contribution in [0.3, 0.4) is 0 Å². The molecule has 146 valence electrons. The summed E-state index contributed by atoms with van der Waals surface area (Å²) in [6.07, 6.45) is 5.54. The molecule has 4 aromatic rings. The van der Waals surface area contributed by atoms with Gasteiger partial charge in [-0.15, -0.1) is 0 Å². The van der Waals surface area contributed by atoms with Crippen LogP contribution in [0.1, 0.15) is 40.4 Å². The third-order valence-electron chi connectivity index (χ3n) is 4.99. The first-order chi connectivity index (χ1) is 14.8. The average Bonchev–Trinajstić information content (AvgIpc) is 3.56. The van der Waals surface area contributed by atoms with Crippen LogP contribution in [0.15, 0.2) is 65.4 Å². The van der Waals surface area contributed by atoms with Crippen molar-refractivity contribution in [2.24, 2.45) is 0 Å². The Morgan fingerprint density at radius 1 is 1.17 bits per heavy atom. The lowest BCUT2D eigenvalue weighted by Crippen LogP contribution is -2.24. The third kappa shape index (κ3) is 3.65. The van der Waals surface area contributed by atoms with E-state index < -0.39 is 0 Å². The highest BCUT2D eigenvalue weighted by atomic mass is 16.5. The zero-order chi connectivity index (χ0) is 20.3. The highest BCUT2D eigenvalue weighted by Crippen LogP contribution is 2.41. The number of pyridine rings is 2. The van der Waals surface area contributed by atoms with Crippen LogP contribution in [0.5, 0.6) is 0 Å². The summed E-state index contributed by atoms with van der Waals surface area (Å²) in [6, 6.07) is 15.2. The van der Waals surface area contributed by atoms with Crippen molar-refractivity contribution in [3.05, 3.63) is 77.7 Å². The van der Waals surface area contributed by atoms with Crippen molar-refractivity contribution in [2.45, 2.75) is 18.8 Å². The molecule has 3 heterocycles. The molecule has 3 aromatic heterocycles. The molecule has 0 unspecified atom stereocenters. The molecule has 30 heavy (non-hydrogen) atoms. The number of hydrogen-bond donors (Lipinski definition) is 1. The Bertz CT molecular complexity index is 1270. The maximum Gasteiger partial charge on any atom is 0.259 e. The molecule has 1 fully saturated rings. The fraction of sp³-hybridized carbons (Fsp3) is 0.167. The number of carbonyl (C=O) groups excluding carboxylic acids is 1. The van der Waals surface area contributed by atoms with Crippen molar-refractivity contribution < 1.29 is 9.32 Å². The van der Waals surface area contributed by atoms with Crippen LogP contribution in [-0.4, -0.2) is 27.6 Å². The lowest BCUT2D eigenvalue weighted by atomic mass is 10.0. The minimum atomic E-state index is -0.217. The second-order valence-electron chi connectivity index (χ2n) is 7.17. The molecule has 1 amide bonds. The molecule has 0 aliphatic heterocycles. The molecular formula is C24H18N4O2. The number of rotatable bonds is 4. The highest BCUT2D eigenvalue weighted by Gasteiger charge is 2.29. The zero-order valence-electron chi connectivity index (χ0n) is 16.1. The summed E-state index contributed by atoms with van der Waals surface area (Å²) in [5.74, 6) is 6.12. The van der Waals surface area contributed by atoms with Gasteiger partial charge in [0.1, 0.15) is 5.69 Å². The minimum absolute atomic E-state index is 0.217. The fourth-order valence-corrected chi connectivity index (χ4v) is 3.33. The van der Waals surface area contributed by atoms with Crippen molar-refractivity contribution in [1.29, 1.82) is 0 Å². The van der Waals surface area contributed by atoms with E-state index in [1.807, 2.05) is 48.5 Å². The Morgan fingerprint density at radius 2 is 2.03 bits per heavy atom. The average molecular weight is 394 g/mol. The van der Waals surface area contributed by atoms with Crippen LogP contribution in [0, 0.1) is 11.8 Å². The molecule has 1 aliphatic rings. The smallest absolute Gasteiger partial charge is 0.259 e. The van der Waals surface area contributed by atoms with Gasteiger partial charge in [0.05, 0.1) is 17.5 Å². The summed E-state index contributed by atoms with van der Waals surface area (Å²) in [7, 11) is 0. The molecule has 0 saturated heterocycles. The Kier molecular flexibility index (Phi) is 4.70. The van der Waals surface area contributed by atoms with Gasteiger partial charge in [0.15, 0.2) is 0 Å². The Hall–Kier alpha value is -3.98. The topological polar surface area (TPSA) is 80.9 Å². The van der Waals surface area contributed by atoms with Crippen molar-refractivity contribution in [3.8, 4) is 23.1 Å². The summed E-state index contributed by atoms with van der Waals surface area (Å²) < 4.78 is 5.52. The summed E-state index contributed by atoms with van der Waals surface area (Å²) in [4.78, 5) is 21.7. The molecule has 0 bridgehead atoms. The van der Waals surface area contributed by atoms with E-state index in [1.165, 1.54) is 0 Å². The first-order valence-corrected chi connectivity index (χ1v) is 9.82. The second-order valence-corrected chi connectivity index (χ2v) is 7.17. The zero-order valence-corrected chi connectivity index (χ0v) is 16.1. The van der Waals surface area contributed by atoms with E-state index >= 15 is 0 Å². The van der Waals surface area contributed by atoms with Gasteiger partial charge in [-0.25, -0.2) is 4.98 Å². The lowest BCUT2D eigenvalue weighted by molar-refractivity contribution is 0.0960. The fourth-order valence-electron chi connectivity index (χ4n) is 3.33. The van der Waals surface area contributed by atoms with Crippen molar-refractivity contribution in [3.63, 3.8) is 0 Å². The van der Waals surface area contributed by atoms with Crippen LogP contribution in [0.25, 0.3) is 22.4 Å². The van der Waals surface area contributed by atoms with Crippen molar-refractivity contribution >= 4 is 17.0 Å². The van der Waals surface area contributed by atoms with Gasteiger partial charge >= 0.3 is 0 Å². The molecule has 1 aliphatic carbocycles. The van der Waals surface area contributed by atoms with Crippen LogP contribution < -0.4 is 5.32 Å². The normalized spacial score (nSPS) is 12.9. The minimum Gasteiger partial charge on any atom is -0.341 e. The number of amides is 1. The molecule has 6 nitrogen and oxygen atoms in total. The molecule has 0 spiro atoms. The van der Waals surface area contributed by atoms with Gasteiger partial charge in [-0.1, -0.05) is 47.3 Å². The molecule has 5 rings (SSSR count). The van der Waals surface area contributed by atoms with E-state index in [0.717, 1.165) is 29.7 Å². The summed E-state index contributed by atoms with van der Waals surface area (Å²) in [5.41, 5.74) is 4.09. The summed E-state index contributed by atoms with van der Waals surface area (Å²) in [5, 5.41) is 7.73. The number of aromatic nitrogens is 3. The Balaban J connectivity index is 1.48. The maximum atomic E-state index is 13.1. The molecule has 0 radical (unpaired) electrons. The summed E-state index contributed by atoms with van der Waals surface area (Å²) >= 11 is 0. The van der Waals surface area contributed by atoms with Gasteiger partial charge in [0, 0.05) is 35.1 Å². The van der Waals surface area contributed by atoms with Gasteiger partial charge < -0.3 is 9.84 Å². The number of nitrogens with one attached hydrogen (secondary N) is 1. The first kappa shape index (κ1) is 18.1. The van der Waals surface area contributed by atoms with E-state index in [4.69, 9.17) is 4.52 Å². The van der Waals surface area contributed by atoms with E-state index in [0.29, 0.717) is 28.3 Å². The predicted octanol–water partition coefficient (Wildman–Crippen LogP) is 3.94. The number of hydrogen-bond acceptors (Lipinski definition) is 5. The van der Waals surface area contributed by atoms with Gasteiger partial charge in [0.2, 0.25) is 0 Å². The highest BCUT2D eigenvalue weighted by molar-refractivity contribution is 6.09. The van der Waals surface area contributed by atoms with Gasteiger partial charge in [-0.2, -0.15) is 0 Å². The third-order valence-corrected chi connectivity index (χ3v) is 4.99. The SMILES string of the molecule is O=C(NCC#Cc1cccnc1)c1cc(C2CC2)nc2onc(-c3ccccc3)c12. The maximum absolute atomic E-state index is 13.1. The van der Waals surface area contributed by atoms with E-state index in [2.05, 4.69) is 32.3 Å². The van der Waals surface area contributed by atoms with Crippen molar-refractivity contribution in [2.75, 3.05) is 6.54 Å². The molecule has 1 aromatic carbocycles. The second kappa shape index (κ2) is 7.80. The van der Waals surface area contributed by atoms with Gasteiger partial charge in [-0.05, 0) is 31.0 Å². The van der Waals surface area contributed by atoms with Crippen LogP contribution in [-0.2, 0) is 0 Å². The number of benzene rings is 1. The number of fused-ring (bicyclic) bond motifs is 1. The quantitative estimate of drug-likeness (QED) is 0.530. The molecule has 6 heteroatoms. The number of nitrogens with zero attached hydrogens (tertiary/aromatic N) is 3. The predicted molar refractivity (Wildman–Crippen MR) is 113 cm³/mol. The number of carbonyl (C=O) groups is 1. The van der Waals surface area contributed by atoms with Gasteiger partial charge in [-0.3, -0.25) is 9.78 Å². The monoisotopic (exact) mass is 394 g/mol. The molecule has 1 saturated carbocycles.